The second-order valence-corrected chi connectivity index (χ2v) is 6.98. The number of methoxy groups -OCH3 is 1. The Balaban J connectivity index is 1.89. The Labute approximate surface area is 129 Å². The fraction of sp³-hybridized carbons (Fsp3) is 0.214. The van der Waals surface area contributed by atoms with Crippen LogP contribution in [0.4, 0.5) is 11.4 Å². The number of thiophene rings is 1. The van der Waals surface area contributed by atoms with E-state index in [1.54, 1.807) is 31.4 Å². The van der Waals surface area contributed by atoms with Gasteiger partial charge in [0.05, 0.1) is 33.5 Å². The lowest BCUT2D eigenvalue weighted by molar-refractivity contribution is -0.115. The van der Waals surface area contributed by atoms with Crippen LogP contribution < -0.4 is 15.8 Å². The number of carbonyl (C=O) groups is 1. The Morgan fingerprint density at radius 2 is 2.24 bits per heavy atom. The third-order valence-corrected chi connectivity index (χ3v) is 5.43. The molecule has 0 aliphatic heterocycles. The van der Waals surface area contributed by atoms with Gasteiger partial charge in [0.2, 0.25) is 5.91 Å². The summed E-state index contributed by atoms with van der Waals surface area (Å²) in [7, 11) is 0.414. The molecule has 1 aromatic heterocycles. The first kappa shape index (κ1) is 15.5. The summed E-state index contributed by atoms with van der Waals surface area (Å²) in [5, 5.41) is 4.58. The molecular weight excluding hydrogens is 308 g/mol. The Morgan fingerprint density at radius 1 is 1.43 bits per heavy atom. The number of rotatable bonds is 6. The maximum Gasteiger partial charge on any atom is 0.225 e. The number of hydrogen-bond acceptors (Lipinski definition) is 5. The molecule has 0 fully saturated rings. The topological polar surface area (TPSA) is 81.4 Å². The highest BCUT2D eigenvalue weighted by Crippen LogP contribution is 2.24. The van der Waals surface area contributed by atoms with Gasteiger partial charge in [0.1, 0.15) is 5.75 Å². The normalized spacial score (nSPS) is 11.9. The van der Waals surface area contributed by atoms with Crippen molar-refractivity contribution in [1.82, 2.24) is 0 Å². The van der Waals surface area contributed by atoms with E-state index in [0.29, 0.717) is 22.9 Å². The van der Waals surface area contributed by atoms with E-state index in [4.69, 9.17) is 10.5 Å². The smallest absolute Gasteiger partial charge is 0.225 e. The molecule has 3 N–H and O–H groups in total. The lowest BCUT2D eigenvalue weighted by atomic mass is 10.2. The van der Waals surface area contributed by atoms with Crippen LogP contribution in [0.3, 0.4) is 0 Å². The molecular formula is C14H16N2O3S2. The molecule has 0 aliphatic carbocycles. The van der Waals surface area contributed by atoms with E-state index < -0.39 is 10.8 Å². The number of hydrogen-bond donors (Lipinski definition) is 2. The van der Waals surface area contributed by atoms with Crippen molar-refractivity contribution in [3.05, 3.63) is 35.7 Å². The largest absolute Gasteiger partial charge is 0.497 e. The van der Waals surface area contributed by atoms with Gasteiger partial charge in [-0.1, -0.05) is 6.07 Å². The van der Waals surface area contributed by atoms with E-state index in [2.05, 4.69) is 5.32 Å². The molecule has 0 saturated carbocycles. The fourth-order valence-corrected chi connectivity index (χ4v) is 3.77. The summed E-state index contributed by atoms with van der Waals surface area (Å²) in [4.78, 5) is 11.9. The van der Waals surface area contributed by atoms with Crippen LogP contribution in [0.15, 0.2) is 39.9 Å². The average molecular weight is 324 g/mol. The van der Waals surface area contributed by atoms with E-state index in [0.717, 1.165) is 4.21 Å². The van der Waals surface area contributed by atoms with Gasteiger partial charge in [-0.3, -0.25) is 9.00 Å². The molecule has 112 valence electrons. The number of nitrogen functional groups attached to an aromatic ring is 1. The van der Waals surface area contributed by atoms with Gasteiger partial charge < -0.3 is 15.8 Å². The zero-order chi connectivity index (χ0) is 15.2. The minimum Gasteiger partial charge on any atom is -0.497 e. The molecule has 1 atom stereocenters. The van der Waals surface area contributed by atoms with Crippen molar-refractivity contribution in [2.45, 2.75) is 10.6 Å². The summed E-state index contributed by atoms with van der Waals surface area (Å²) < 4.78 is 17.7. The van der Waals surface area contributed by atoms with Crippen molar-refractivity contribution < 1.29 is 13.7 Å². The van der Waals surface area contributed by atoms with Crippen LogP contribution >= 0.6 is 11.3 Å². The molecule has 21 heavy (non-hydrogen) atoms. The van der Waals surface area contributed by atoms with Crippen molar-refractivity contribution in [3.8, 4) is 5.75 Å². The molecule has 0 aliphatic rings. The van der Waals surface area contributed by atoms with Gasteiger partial charge in [0.15, 0.2) is 0 Å². The summed E-state index contributed by atoms with van der Waals surface area (Å²) in [6.45, 7) is 0. The van der Waals surface area contributed by atoms with Crippen LogP contribution in [0.5, 0.6) is 5.75 Å². The van der Waals surface area contributed by atoms with E-state index in [9.17, 15) is 9.00 Å². The van der Waals surface area contributed by atoms with Gasteiger partial charge in [0, 0.05) is 18.2 Å². The van der Waals surface area contributed by atoms with Crippen LogP contribution in [-0.2, 0) is 15.6 Å². The molecule has 1 aromatic carbocycles. The molecule has 0 radical (unpaired) electrons. The predicted octanol–water partition coefficient (Wildman–Crippen LogP) is 2.48. The molecule has 2 aromatic rings. The van der Waals surface area contributed by atoms with Crippen LogP contribution in [0, 0.1) is 0 Å². The minimum atomic E-state index is -1.13. The molecule has 1 heterocycles. The van der Waals surface area contributed by atoms with Crippen LogP contribution in [0.2, 0.25) is 0 Å². The lowest BCUT2D eigenvalue weighted by Crippen LogP contribution is -2.15. The number of ether oxygens (including phenoxy) is 1. The highest BCUT2D eigenvalue weighted by Gasteiger charge is 2.10. The minimum absolute atomic E-state index is 0.177. The average Bonchev–Trinajstić information content (AvgIpc) is 3.01. The van der Waals surface area contributed by atoms with Crippen molar-refractivity contribution in [2.75, 3.05) is 23.9 Å². The van der Waals surface area contributed by atoms with E-state index in [1.165, 1.54) is 11.3 Å². The summed E-state index contributed by atoms with van der Waals surface area (Å²) in [6.07, 6.45) is 0.177. The first-order valence-corrected chi connectivity index (χ1v) is 8.45. The van der Waals surface area contributed by atoms with Gasteiger partial charge >= 0.3 is 0 Å². The highest BCUT2D eigenvalue weighted by atomic mass is 32.2. The molecule has 2 rings (SSSR count). The van der Waals surface area contributed by atoms with Crippen LogP contribution in [0.25, 0.3) is 0 Å². The van der Waals surface area contributed by atoms with Crippen molar-refractivity contribution in [2.24, 2.45) is 0 Å². The second-order valence-electron chi connectivity index (χ2n) is 4.23. The van der Waals surface area contributed by atoms with Gasteiger partial charge in [-0.15, -0.1) is 11.3 Å². The third-order valence-electron chi connectivity index (χ3n) is 2.77. The highest BCUT2D eigenvalue weighted by molar-refractivity contribution is 7.87. The fourth-order valence-electron chi connectivity index (χ4n) is 1.67. The summed E-state index contributed by atoms with van der Waals surface area (Å²) >= 11 is 1.43. The maximum absolute atomic E-state index is 11.9. The van der Waals surface area contributed by atoms with Crippen molar-refractivity contribution in [1.29, 1.82) is 0 Å². The van der Waals surface area contributed by atoms with Gasteiger partial charge in [-0.2, -0.15) is 0 Å². The number of carbonyl (C=O) groups excluding carboxylic acids is 1. The second kappa shape index (κ2) is 7.24. The maximum atomic E-state index is 11.9. The zero-order valence-corrected chi connectivity index (χ0v) is 13.1. The van der Waals surface area contributed by atoms with Crippen LogP contribution in [-0.4, -0.2) is 23.0 Å². The Bertz CT molecular complexity index is 642. The number of benzene rings is 1. The third kappa shape index (κ3) is 4.30. The number of nitrogens with one attached hydrogen (secondary N) is 1. The monoisotopic (exact) mass is 324 g/mol. The van der Waals surface area contributed by atoms with E-state index in [1.807, 2.05) is 11.4 Å². The van der Waals surface area contributed by atoms with Gasteiger partial charge in [-0.05, 0) is 23.6 Å². The summed E-state index contributed by atoms with van der Waals surface area (Å²) in [5.41, 5.74) is 6.79. The molecule has 5 nitrogen and oxygen atoms in total. The first-order valence-electron chi connectivity index (χ1n) is 6.25. The molecule has 7 heteroatoms. The van der Waals surface area contributed by atoms with Crippen molar-refractivity contribution >= 4 is 39.4 Å². The van der Waals surface area contributed by atoms with Gasteiger partial charge in [0.25, 0.3) is 0 Å². The summed E-state index contributed by atoms with van der Waals surface area (Å²) in [6, 6.07) is 8.69. The standard InChI is InChI=1S/C14H16N2O3S2/c1-19-10-4-5-12(11(15)9-10)16-13(17)6-8-21(18)14-3-2-7-20-14/h2-5,7,9H,6,8,15H2,1H3,(H,16,17). The molecule has 1 unspecified atom stereocenters. The van der Waals surface area contributed by atoms with E-state index in [-0.39, 0.29) is 12.3 Å². The molecule has 0 spiro atoms. The SMILES string of the molecule is COc1ccc(NC(=O)CCS(=O)c2cccs2)c(N)c1. The van der Waals surface area contributed by atoms with Crippen LogP contribution in [0.1, 0.15) is 6.42 Å². The quantitative estimate of drug-likeness (QED) is 0.800. The Kier molecular flexibility index (Phi) is 5.35. The molecule has 0 bridgehead atoms. The molecule has 0 saturated heterocycles. The Morgan fingerprint density at radius 3 is 2.86 bits per heavy atom. The number of anilines is 2. The zero-order valence-electron chi connectivity index (χ0n) is 11.5. The summed E-state index contributed by atoms with van der Waals surface area (Å²) in [5.74, 6) is 0.712. The predicted molar refractivity (Wildman–Crippen MR) is 86.2 cm³/mol. The lowest BCUT2D eigenvalue weighted by Gasteiger charge is -2.09. The Hall–Kier alpha value is -1.86. The van der Waals surface area contributed by atoms with E-state index >= 15 is 0 Å². The number of nitrogens with two attached hydrogens (primary N) is 1. The first-order chi connectivity index (χ1) is 10.1. The molecule has 1 amide bonds. The van der Waals surface area contributed by atoms with Crippen molar-refractivity contribution in [3.63, 3.8) is 0 Å². The van der Waals surface area contributed by atoms with Gasteiger partial charge in [-0.25, -0.2) is 0 Å². The number of amides is 1.